The van der Waals surface area contributed by atoms with Crippen LogP contribution in [0.2, 0.25) is 0 Å². The molecule has 1 aliphatic rings. The molecule has 3 aromatic rings. The molecule has 2 aromatic heterocycles. The number of ether oxygens (including phenoxy) is 2. The highest BCUT2D eigenvalue weighted by molar-refractivity contribution is 5.88. The first kappa shape index (κ1) is 19.4. The van der Waals surface area contributed by atoms with Crippen LogP contribution in [0.1, 0.15) is 37.1 Å². The smallest absolute Gasteiger partial charge is 0.302 e. The van der Waals surface area contributed by atoms with Crippen molar-refractivity contribution in [3.63, 3.8) is 0 Å². The molecule has 2 atom stereocenters. The largest absolute Gasteiger partial charge is 0.470 e. The van der Waals surface area contributed by atoms with E-state index in [2.05, 4.69) is 21.7 Å². The zero-order valence-electron chi connectivity index (χ0n) is 16.8. The normalized spacial score (nSPS) is 18.1. The fourth-order valence-corrected chi connectivity index (χ4v) is 3.67. The van der Waals surface area contributed by atoms with E-state index < -0.39 is 0 Å². The molecule has 0 bridgehead atoms. The maximum Gasteiger partial charge on any atom is 0.302 e. The molecule has 1 saturated carbocycles. The summed E-state index contributed by atoms with van der Waals surface area (Å²) < 4.78 is 26.6. The number of esters is 1. The van der Waals surface area contributed by atoms with Crippen molar-refractivity contribution in [2.45, 2.75) is 47.0 Å². The second-order valence-electron chi connectivity index (χ2n) is 7.76. The fraction of sp³-hybridized carbons (Fsp3) is 0.409. The number of aromatic nitrogens is 3. The molecule has 2 heterocycles. The summed E-state index contributed by atoms with van der Waals surface area (Å²) >= 11 is 0. The lowest BCUT2D eigenvalue weighted by atomic mass is 10.2. The average molecular weight is 397 g/mol. The van der Waals surface area contributed by atoms with E-state index >= 15 is 0 Å². The highest BCUT2D eigenvalue weighted by Crippen LogP contribution is 2.41. The zero-order valence-corrected chi connectivity index (χ0v) is 16.8. The lowest BCUT2D eigenvalue weighted by Crippen LogP contribution is -2.07. The number of hydrogen-bond donors (Lipinski definition) is 0. The number of hydrogen-bond acceptors (Lipinski definition) is 5. The SMILES string of the molecule is CC(=O)OCc1c(C)n(CC2CC2C)c2c(OCc3ccc(F)cc3)nncc12. The molecule has 0 saturated heterocycles. The van der Waals surface area contributed by atoms with Gasteiger partial charge >= 0.3 is 5.97 Å². The van der Waals surface area contributed by atoms with Crippen molar-refractivity contribution in [3.8, 4) is 5.88 Å². The number of carbonyl (C=O) groups excluding carboxylic acids is 1. The Bertz CT molecular complexity index is 1050. The Labute approximate surface area is 168 Å². The van der Waals surface area contributed by atoms with Crippen LogP contribution in [-0.2, 0) is 29.3 Å². The van der Waals surface area contributed by atoms with Gasteiger partial charge < -0.3 is 14.0 Å². The van der Waals surface area contributed by atoms with Crippen LogP contribution in [0.4, 0.5) is 4.39 Å². The average Bonchev–Trinajstić information content (AvgIpc) is 3.32. The second-order valence-corrected chi connectivity index (χ2v) is 7.76. The summed E-state index contributed by atoms with van der Waals surface area (Å²) in [5, 5.41) is 9.20. The lowest BCUT2D eigenvalue weighted by molar-refractivity contribution is -0.142. The van der Waals surface area contributed by atoms with Gasteiger partial charge in [-0.2, -0.15) is 5.10 Å². The summed E-state index contributed by atoms with van der Waals surface area (Å²) in [5.41, 5.74) is 3.66. The third kappa shape index (κ3) is 4.09. The van der Waals surface area contributed by atoms with Gasteiger partial charge in [-0.15, -0.1) is 5.10 Å². The summed E-state index contributed by atoms with van der Waals surface area (Å²) in [6.45, 7) is 6.98. The van der Waals surface area contributed by atoms with E-state index in [0.717, 1.165) is 34.3 Å². The molecule has 0 amide bonds. The topological polar surface area (TPSA) is 66.2 Å². The lowest BCUT2D eigenvalue weighted by Gasteiger charge is -2.11. The van der Waals surface area contributed by atoms with Gasteiger partial charge in [-0.3, -0.25) is 4.79 Å². The van der Waals surface area contributed by atoms with Crippen LogP contribution >= 0.6 is 0 Å². The van der Waals surface area contributed by atoms with Gasteiger partial charge in [0, 0.05) is 30.1 Å². The number of benzene rings is 1. The number of fused-ring (bicyclic) bond motifs is 1. The van der Waals surface area contributed by atoms with Crippen molar-refractivity contribution in [1.29, 1.82) is 0 Å². The van der Waals surface area contributed by atoms with Gasteiger partial charge in [-0.05, 0) is 42.9 Å². The fourth-order valence-electron chi connectivity index (χ4n) is 3.67. The quantitative estimate of drug-likeness (QED) is 0.560. The van der Waals surface area contributed by atoms with Crippen molar-refractivity contribution < 1.29 is 18.7 Å². The third-order valence-electron chi connectivity index (χ3n) is 5.63. The number of halogens is 1. The van der Waals surface area contributed by atoms with Gasteiger partial charge in [0.25, 0.3) is 5.88 Å². The molecule has 1 aromatic carbocycles. The first-order chi connectivity index (χ1) is 13.9. The first-order valence-electron chi connectivity index (χ1n) is 9.78. The minimum Gasteiger partial charge on any atom is -0.470 e. The monoisotopic (exact) mass is 397 g/mol. The van der Waals surface area contributed by atoms with Crippen molar-refractivity contribution in [1.82, 2.24) is 14.8 Å². The maximum absolute atomic E-state index is 13.1. The Kier molecular flexibility index (Phi) is 5.22. The van der Waals surface area contributed by atoms with E-state index in [1.807, 2.05) is 6.92 Å². The molecule has 29 heavy (non-hydrogen) atoms. The molecule has 7 heteroatoms. The second kappa shape index (κ2) is 7.81. The molecular weight excluding hydrogens is 373 g/mol. The maximum atomic E-state index is 13.1. The van der Waals surface area contributed by atoms with E-state index in [-0.39, 0.29) is 25.0 Å². The molecule has 4 rings (SSSR count). The molecular formula is C22H24FN3O3. The summed E-state index contributed by atoms with van der Waals surface area (Å²) in [5.74, 6) is 1.13. The summed E-state index contributed by atoms with van der Waals surface area (Å²) in [4.78, 5) is 11.3. The minimum absolute atomic E-state index is 0.188. The predicted molar refractivity (Wildman–Crippen MR) is 106 cm³/mol. The Morgan fingerprint density at radius 2 is 2.00 bits per heavy atom. The Morgan fingerprint density at radius 1 is 1.28 bits per heavy atom. The Balaban J connectivity index is 1.70. The van der Waals surface area contributed by atoms with Gasteiger partial charge in [-0.1, -0.05) is 19.1 Å². The molecule has 6 nitrogen and oxygen atoms in total. The van der Waals surface area contributed by atoms with Crippen LogP contribution < -0.4 is 4.74 Å². The molecule has 0 N–H and O–H groups in total. The van der Waals surface area contributed by atoms with Crippen LogP contribution in [0.25, 0.3) is 10.9 Å². The number of rotatable bonds is 7. The zero-order chi connectivity index (χ0) is 20.5. The highest BCUT2D eigenvalue weighted by Gasteiger charge is 2.34. The number of carbonyl (C=O) groups is 1. The third-order valence-corrected chi connectivity index (χ3v) is 5.63. The Morgan fingerprint density at radius 3 is 2.66 bits per heavy atom. The summed E-state index contributed by atoms with van der Waals surface area (Å²) in [7, 11) is 0. The van der Waals surface area contributed by atoms with Crippen molar-refractivity contribution in [2.24, 2.45) is 11.8 Å². The van der Waals surface area contributed by atoms with Crippen LogP contribution in [0.3, 0.4) is 0 Å². The first-order valence-corrected chi connectivity index (χ1v) is 9.78. The number of nitrogens with zero attached hydrogens (tertiary/aromatic N) is 3. The predicted octanol–water partition coefficient (Wildman–Crippen LogP) is 4.18. The van der Waals surface area contributed by atoms with Gasteiger partial charge in [0.15, 0.2) is 0 Å². The molecule has 0 spiro atoms. The molecule has 0 radical (unpaired) electrons. The van der Waals surface area contributed by atoms with E-state index in [9.17, 15) is 9.18 Å². The highest BCUT2D eigenvalue weighted by atomic mass is 19.1. The van der Waals surface area contributed by atoms with Gasteiger partial charge in [0.05, 0.1) is 6.20 Å². The van der Waals surface area contributed by atoms with Gasteiger partial charge in [-0.25, -0.2) is 4.39 Å². The molecule has 152 valence electrons. The molecule has 2 unspecified atom stereocenters. The van der Waals surface area contributed by atoms with Crippen molar-refractivity contribution in [3.05, 3.63) is 53.1 Å². The standard InChI is InChI=1S/C22H24FN3O3/c1-13-8-17(13)10-26-14(2)20(12-28-15(3)27)19-9-24-25-22(21(19)26)29-11-16-4-6-18(23)7-5-16/h4-7,9,13,17H,8,10-12H2,1-3H3. The van der Waals surface area contributed by atoms with E-state index in [0.29, 0.717) is 17.7 Å². The van der Waals surface area contributed by atoms with E-state index in [1.54, 1.807) is 18.3 Å². The molecule has 1 aliphatic carbocycles. The van der Waals surface area contributed by atoms with Crippen LogP contribution in [-0.4, -0.2) is 20.7 Å². The van der Waals surface area contributed by atoms with Crippen molar-refractivity contribution >= 4 is 16.9 Å². The Hall–Kier alpha value is -2.96. The van der Waals surface area contributed by atoms with Gasteiger partial charge in [0.2, 0.25) is 0 Å². The summed E-state index contributed by atoms with van der Waals surface area (Å²) in [6, 6.07) is 6.18. The summed E-state index contributed by atoms with van der Waals surface area (Å²) in [6.07, 6.45) is 2.89. The van der Waals surface area contributed by atoms with E-state index in [1.165, 1.54) is 25.5 Å². The van der Waals surface area contributed by atoms with Crippen LogP contribution in [0.5, 0.6) is 5.88 Å². The van der Waals surface area contributed by atoms with E-state index in [4.69, 9.17) is 9.47 Å². The minimum atomic E-state index is -0.323. The molecule has 1 fully saturated rings. The van der Waals surface area contributed by atoms with Crippen LogP contribution in [0, 0.1) is 24.6 Å². The molecule has 0 aliphatic heterocycles. The van der Waals surface area contributed by atoms with Crippen molar-refractivity contribution in [2.75, 3.05) is 0 Å². The van der Waals surface area contributed by atoms with Crippen LogP contribution in [0.15, 0.2) is 30.5 Å². The van der Waals surface area contributed by atoms with Gasteiger partial charge in [0.1, 0.15) is 24.5 Å².